The van der Waals surface area contributed by atoms with Gasteiger partial charge in [0.2, 0.25) is 0 Å². The Morgan fingerprint density at radius 3 is 2.81 bits per heavy atom. The molecule has 0 radical (unpaired) electrons. The number of amides is 1. The molecule has 1 aromatic rings. The van der Waals surface area contributed by atoms with Crippen molar-refractivity contribution in [2.75, 3.05) is 34.0 Å². The first-order valence-corrected chi connectivity index (χ1v) is 6.87. The molecular formula is C16H23NO4. The lowest BCUT2D eigenvalue weighted by Gasteiger charge is -2.12. The molecular weight excluding hydrogens is 270 g/mol. The van der Waals surface area contributed by atoms with E-state index < -0.39 is 0 Å². The minimum atomic E-state index is -0.164. The molecule has 0 bridgehead atoms. The van der Waals surface area contributed by atoms with Crippen LogP contribution in [-0.2, 0) is 16.0 Å². The molecule has 5 heteroatoms. The molecule has 0 atom stereocenters. The van der Waals surface area contributed by atoms with Crippen LogP contribution in [0.2, 0.25) is 0 Å². The zero-order valence-corrected chi connectivity index (χ0v) is 12.7. The molecule has 1 rings (SSSR count). The SMILES string of the molecule is C=CCc1ccc(OCC(=O)NCCCOC)c(OC)c1. The predicted molar refractivity (Wildman–Crippen MR) is 81.9 cm³/mol. The molecule has 0 fully saturated rings. The van der Waals surface area contributed by atoms with Crippen molar-refractivity contribution in [2.24, 2.45) is 0 Å². The van der Waals surface area contributed by atoms with Crippen molar-refractivity contribution in [2.45, 2.75) is 12.8 Å². The third kappa shape index (κ3) is 6.31. The third-order valence-electron chi connectivity index (χ3n) is 2.81. The van der Waals surface area contributed by atoms with Gasteiger partial charge in [-0.25, -0.2) is 0 Å². The second-order valence-electron chi connectivity index (χ2n) is 4.46. The average molecular weight is 293 g/mol. The largest absolute Gasteiger partial charge is 0.493 e. The fraction of sp³-hybridized carbons (Fsp3) is 0.438. The molecule has 0 heterocycles. The first-order chi connectivity index (χ1) is 10.2. The van der Waals surface area contributed by atoms with Gasteiger partial charge in [0.15, 0.2) is 18.1 Å². The van der Waals surface area contributed by atoms with Crippen LogP contribution in [0, 0.1) is 0 Å². The minimum absolute atomic E-state index is 0.0376. The molecule has 21 heavy (non-hydrogen) atoms. The normalized spacial score (nSPS) is 10.0. The number of carbonyl (C=O) groups excluding carboxylic acids is 1. The second kappa shape index (κ2) is 9.83. The molecule has 0 saturated heterocycles. The Hall–Kier alpha value is -2.01. The molecule has 116 valence electrons. The van der Waals surface area contributed by atoms with Crippen molar-refractivity contribution in [3.8, 4) is 11.5 Å². The summed E-state index contributed by atoms with van der Waals surface area (Å²) in [5.41, 5.74) is 1.08. The zero-order valence-electron chi connectivity index (χ0n) is 12.7. The number of benzene rings is 1. The summed E-state index contributed by atoms with van der Waals surface area (Å²) < 4.78 is 15.7. The maximum absolute atomic E-state index is 11.6. The number of allylic oxidation sites excluding steroid dienone is 1. The van der Waals surface area contributed by atoms with Crippen molar-refractivity contribution in [3.63, 3.8) is 0 Å². The first-order valence-electron chi connectivity index (χ1n) is 6.87. The van der Waals surface area contributed by atoms with E-state index in [2.05, 4.69) is 11.9 Å². The third-order valence-corrected chi connectivity index (χ3v) is 2.81. The predicted octanol–water partition coefficient (Wildman–Crippen LogP) is 1.96. The Kier molecular flexibility index (Phi) is 7.97. The second-order valence-corrected chi connectivity index (χ2v) is 4.46. The van der Waals surface area contributed by atoms with Crippen molar-refractivity contribution >= 4 is 5.91 Å². The van der Waals surface area contributed by atoms with E-state index in [4.69, 9.17) is 14.2 Å². The summed E-state index contributed by atoms with van der Waals surface area (Å²) in [6.45, 7) is 4.86. The summed E-state index contributed by atoms with van der Waals surface area (Å²) >= 11 is 0. The van der Waals surface area contributed by atoms with Crippen LogP contribution in [0.1, 0.15) is 12.0 Å². The number of rotatable bonds is 10. The number of hydrogen-bond acceptors (Lipinski definition) is 4. The van der Waals surface area contributed by atoms with Gasteiger partial charge in [-0.2, -0.15) is 0 Å². The fourth-order valence-electron chi connectivity index (χ4n) is 1.76. The molecule has 0 spiro atoms. The zero-order chi connectivity index (χ0) is 15.5. The molecule has 1 amide bonds. The van der Waals surface area contributed by atoms with Crippen molar-refractivity contribution in [3.05, 3.63) is 36.4 Å². The van der Waals surface area contributed by atoms with Crippen LogP contribution in [0.25, 0.3) is 0 Å². The van der Waals surface area contributed by atoms with Crippen LogP contribution < -0.4 is 14.8 Å². The van der Waals surface area contributed by atoms with Crippen LogP contribution in [0.3, 0.4) is 0 Å². The highest BCUT2D eigenvalue weighted by Gasteiger charge is 2.08. The summed E-state index contributed by atoms with van der Waals surface area (Å²) in [5, 5.41) is 2.76. The minimum Gasteiger partial charge on any atom is -0.493 e. The van der Waals surface area contributed by atoms with Gasteiger partial charge in [-0.15, -0.1) is 6.58 Å². The number of ether oxygens (including phenoxy) is 3. The Bertz CT molecular complexity index is 460. The maximum atomic E-state index is 11.6. The van der Waals surface area contributed by atoms with E-state index in [0.29, 0.717) is 24.7 Å². The summed E-state index contributed by atoms with van der Waals surface area (Å²) in [7, 11) is 3.21. The van der Waals surface area contributed by atoms with Crippen LogP contribution in [0.5, 0.6) is 11.5 Å². The lowest BCUT2D eigenvalue weighted by Crippen LogP contribution is -2.30. The van der Waals surface area contributed by atoms with E-state index in [-0.39, 0.29) is 12.5 Å². The highest BCUT2D eigenvalue weighted by molar-refractivity contribution is 5.77. The number of nitrogens with one attached hydrogen (secondary N) is 1. The van der Waals surface area contributed by atoms with Crippen LogP contribution in [0.4, 0.5) is 0 Å². The van der Waals surface area contributed by atoms with E-state index in [1.54, 1.807) is 20.3 Å². The van der Waals surface area contributed by atoms with Gasteiger partial charge in [-0.3, -0.25) is 4.79 Å². The maximum Gasteiger partial charge on any atom is 0.257 e. The Labute approximate surface area is 125 Å². The molecule has 1 aromatic carbocycles. The summed E-state index contributed by atoms with van der Waals surface area (Å²) in [5.74, 6) is 1.00. The Morgan fingerprint density at radius 2 is 2.14 bits per heavy atom. The molecule has 5 nitrogen and oxygen atoms in total. The Morgan fingerprint density at radius 1 is 1.33 bits per heavy atom. The van der Waals surface area contributed by atoms with Crippen molar-refractivity contribution < 1.29 is 19.0 Å². The smallest absolute Gasteiger partial charge is 0.257 e. The average Bonchev–Trinajstić information content (AvgIpc) is 2.50. The topological polar surface area (TPSA) is 56.8 Å². The highest BCUT2D eigenvalue weighted by atomic mass is 16.5. The quantitative estimate of drug-likeness (QED) is 0.529. The first kappa shape index (κ1) is 17.0. The number of methoxy groups -OCH3 is 2. The van der Waals surface area contributed by atoms with E-state index in [1.807, 2.05) is 18.2 Å². The lowest BCUT2D eigenvalue weighted by molar-refractivity contribution is -0.123. The molecule has 0 aromatic heterocycles. The van der Waals surface area contributed by atoms with E-state index in [9.17, 15) is 4.79 Å². The van der Waals surface area contributed by atoms with Gasteiger partial charge in [-0.05, 0) is 30.5 Å². The molecule has 1 N–H and O–H groups in total. The monoisotopic (exact) mass is 293 g/mol. The van der Waals surface area contributed by atoms with Crippen LogP contribution in [0.15, 0.2) is 30.9 Å². The fourth-order valence-corrected chi connectivity index (χ4v) is 1.76. The van der Waals surface area contributed by atoms with E-state index in [0.717, 1.165) is 18.4 Å². The highest BCUT2D eigenvalue weighted by Crippen LogP contribution is 2.28. The summed E-state index contributed by atoms with van der Waals surface area (Å²) in [6.07, 6.45) is 3.36. The lowest BCUT2D eigenvalue weighted by atomic mass is 10.1. The molecule has 0 aliphatic carbocycles. The summed E-state index contributed by atoms with van der Waals surface area (Å²) in [4.78, 5) is 11.6. The Balaban J connectivity index is 2.46. The van der Waals surface area contributed by atoms with E-state index >= 15 is 0 Å². The van der Waals surface area contributed by atoms with Crippen LogP contribution in [-0.4, -0.2) is 39.9 Å². The molecule has 0 saturated carbocycles. The van der Waals surface area contributed by atoms with Gasteiger partial charge in [0.1, 0.15) is 0 Å². The van der Waals surface area contributed by atoms with E-state index in [1.165, 1.54) is 0 Å². The standard InChI is InChI=1S/C16H23NO4/c1-4-6-13-7-8-14(15(11-13)20-3)21-12-16(18)17-9-5-10-19-2/h4,7-8,11H,1,5-6,9-10,12H2,2-3H3,(H,17,18). The van der Waals surface area contributed by atoms with Crippen molar-refractivity contribution in [1.82, 2.24) is 5.32 Å². The van der Waals surface area contributed by atoms with Crippen molar-refractivity contribution in [1.29, 1.82) is 0 Å². The van der Waals surface area contributed by atoms with Gasteiger partial charge in [0.05, 0.1) is 7.11 Å². The molecule has 0 unspecified atom stereocenters. The van der Waals surface area contributed by atoms with Gasteiger partial charge < -0.3 is 19.5 Å². The summed E-state index contributed by atoms with van der Waals surface area (Å²) in [6, 6.07) is 5.61. The van der Waals surface area contributed by atoms with Gasteiger partial charge in [0.25, 0.3) is 5.91 Å². The number of carbonyl (C=O) groups is 1. The van der Waals surface area contributed by atoms with Crippen LogP contribution >= 0.6 is 0 Å². The van der Waals surface area contributed by atoms with Gasteiger partial charge >= 0.3 is 0 Å². The van der Waals surface area contributed by atoms with Gasteiger partial charge in [0, 0.05) is 20.3 Å². The number of hydrogen-bond donors (Lipinski definition) is 1. The van der Waals surface area contributed by atoms with Gasteiger partial charge in [-0.1, -0.05) is 12.1 Å². The molecule has 0 aliphatic heterocycles. The molecule has 0 aliphatic rings.